The molecule has 4 rings (SSSR count). The van der Waals surface area contributed by atoms with Crippen LogP contribution >= 0.6 is 0 Å². The lowest BCUT2D eigenvalue weighted by atomic mass is 9.96. The summed E-state index contributed by atoms with van der Waals surface area (Å²) in [6.07, 6.45) is -0.598. The number of carbonyl (C=O) groups excluding carboxylic acids is 1. The number of fused-ring (bicyclic) bond motifs is 2. The zero-order valence-corrected chi connectivity index (χ0v) is 14.5. The molecule has 1 aliphatic carbocycles. The number of aliphatic hydroxyl groups is 2. The minimum absolute atomic E-state index is 0.131. The Morgan fingerprint density at radius 2 is 2.08 bits per heavy atom. The molecule has 0 spiro atoms. The molecular weight excluding hydrogens is 326 g/mol. The predicted octanol–water partition coefficient (Wildman–Crippen LogP) is -2.17. The number of amides is 1. The molecule has 0 bridgehead atoms. The van der Waals surface area contributed by atoms with Crippen molar-refractivity contribution in [2.45, 2.75) is 62.9 Å². The van der Waals surface area contributed by atoms with Gasteiger partial charge in [0.05, 0.1) is 6.04 Å². The number of ether oxygens (including phenoxy) is 1. The molecule has 0 aromatic rings. The van der Waals surface area contributed by atoms with Crippen molar-refractivity contribution in [3.63, 3.8) is 0 Å². The summed E-state index contributed by atoms with van der Waals surface area (Å²) in [4.78, 5) is 18.9. The van der Waals surface area contributed by atoms with Crippen molar-refractivity contribution in [1.82, 2.24) is 15.5 Å². The second-order valence-corrected chi connectivity index (χ2v) is 8.13. The molecule has 2 fully saturated rings. The number of hydrogen-bond donors (Lipinski definition) is 5. The van der Waals surface area contributed by atoms with Crippen LogP contribution in [0.2, 0.25) is 0 Å². The molecule has 7 unspecified atom stereocenters. The largest absolute Gasteiger partial charge is 0.389 e. The Balaban J connectivity index is 1.53. The van der Waals surface area contributed by atoms with Gasteiger partial charge in [-0.15, -0.1) is 0 Å². The van der Waals surface area contributed by atoms with Gasteiger partial charge in [-0.05, 0) is 26.3 Å². The van der Waals surface area contributed by atoms with Gasteiger partial charge in [-0.25, -0.2) is 4.99 Å². The molecule has 1 saturated carbocycles. The van der Waals surface area contributed by atoms with Gasteiger partial charge in [0.1, 0.15) is 36.5 Å². The van der Waals surface area contributed by atoms with Gasteiger partial charge >= 0.3 is 0 Å². The maximum absolute atomic E-state index is 12.5. The minimum atomic E-state index is -0.867. The molecule has 0 radical (unpaired) electrons. The maximum atomic E-state index is 12.5. The second kappa shape index (κ2) is 5.41. The lowest BCUT2D eigenvalue weighted by Crippen LogP contribution is -2.55. The third-order valence-electron chi connectivity index (χ3n) is 5.38. The Bertz CT molecular complexity index is 657. The third kappa shape index (κ3) is 2.62. The van der Waals surface area contributed by atoms with Gasteiger partial charge in [-0.2, -0.15) is 0 Å². The lowest BCUT2D eigenvalue weighted by Gasteiger charge is -2.38. The molecule has 0 aromatic heterocycles. The van der Waals surface area contributed by atoms with Crippen LogP contribution < -0.4 is 16.4 Å². The maximum Gasteiger partial charge on any atom is 0.238 e. The van der Waals surface area contributed by atoms with E-state index in [1.165, 1.54) is 0 Å². The monoisotopic (exact) mass is 351 g/mol. The topological polar surface area (TPSA) is 136 Å². The lowest BCUT2D eigenvalue weighted by molar-refractivity contribution is -0.124. The Morgan fingerprint density at radius 1 is 1.36 bits per heavy atom. The zero-order chi connectivity index (χ0) is 18.1. The fraction of sp³-hybridized carbons (Fsp3) is 0.750. The first-order chi connectivity index (χ1) is 11.7. The number of nitrogens with two attached hydrogens (primary N) is 1. The average Bonchev–Trinajstić information content (AvgIpc) is 3.13. The van der Waals surface area contributed by atoms with Crippen molar-refractivity contribution in [2.75, 3.05) is 6.54 Å². The molecule has 4 aliphatic rings. The quantitative estimate of drug-likeness (QED) is 0.365. The van der Waals surface area contributed by atoms with Crippen molar-refractivity contribution in [3.05, 3.63) is 11.8 Å². The van der Waals surface area contributed by atoms with E-state index in [9.17, 15) is 15.0 Å². The van der Waals surface area contributed by atoms with Gasteiger partial charge in [0, 0.05) is 18.3 Å². The van der Waals surface area contributed by atoms with Crippen LogP contribution in [0.15, 0.2) is 16.8 Å². The summed E-state index contributed by atoms with van der Waals surface area (Å²) in [6, 6.07) is -0.344. The van der Waals surface area contributed by atoms with E-state index in [0.29, 0.717) is 6.54 Å². The van der Waals surface area contributed by atoms with Crippen LogP contribution in [-0.4, -0.2) is 75.7 Å². The number of nitrogens with zero attached hydrogens (tertiary/aromatic N) is 2. The minimum Gasteiger partial charge on any atom is -0.389 e. The highest BCUT2D eigenvalue weighted by Gasteiger charge is 2.61. The molecule has 3 aliphatic heterocycles. The molecule has 7 atom stereocenters. The van der Waals surface area contributed by atoms with Crippen molar-refractivity contribution < 1.29 is 19.7 Å². The summed E-state index contributed by atoms with van der Waals surface area (Å²) in [5.41, 5.74) is 6.39. The van der Waals surface area contributed by atoms with E-state index in [-0.39, 0.29) is 41.8 Å². The van der Waals surface area contributed by atoms with Crippen LogP contribution in [0.4, 0.5) is 0 Å². The molecule has 1 saturated heterocycles. The van der Waals surface area contributed by atoms with Gasteiger partial charge in [0.15, 0.2) is 5.96 Å². The van der Waals surface area contributed by atoms with E-state index in [4.69, 9.17) is 10.5 Å². The molecular formula is C16H25N5O4. The van der Waals surface area contributed by atoms with Gasteiger partial charge < -0.3 is 30.9 Å². The summed E-state index contributed by atoms with van der Waals surface area (Å²) in [5.74, 6) is -0.477. The van der Waals surface area contributed by atoms with Crippen molar-refractivity contribution in [2.24, 2.45) is 16.6 Å². The fourth-order valence-electron chi connectivity index (χ4n) is 4.03. The average molecular weight is 351 g/mol. The van der Waals surface area contributed by atoms with Crippen LogP contribution in [0.5, 0.6) is 0 Å². The second-order valence-electron chi connectivity index (χ2n) is 8.13. The highest BCUT2D eigenvalue weighted by Crippen LogP contribution is 2.40. The van der Waals surface area contributed by atoms with Crippen LogP contribution in [0.3, 0.4) is 0 Å². The van der Waals surface area contributed by atoms with Crippen LogP contribution in [-0.2, 0) is 9.53 Å². The predicted molar refractivity (Wildman–Crippen MR) is 89.2 cm³/mol. The number of aliphatic imine (C=N–C) groups is 1. The third-order valence-corrected chi connectivity index (χ3v) is 5.38. The fourth-order valence-corrected chi connectivity index (χ4v) is 4.03. The standard InChI is InChI=1S/C16H25N5O4/c1-16(2,3)21-5-6(7-13(21)19-15(17)20-14(7)24)4-18-8-9(22)10(23)12-11(8)25-12/h5,7-13,18,22-23H,4H2,1-3H3,(H3,17,19,20,24). The van der Waals surface area contributed by atoms with E-state index in [1.807, 2.05) is 11.1 Å². The van der Waals surface area contributed by atoms with E-state index in [2.05, 4.69) is 36.4 Å². The molecule has 3 heterocycles. The van der Waals surface area contributed by atoms with Crippen molar-refractivity contribution in [1.29, 1.82) is 0 Å². The Labute approximate surface area is 145 Å². The first-order valence-corrected chi connectivity index (χ1v) is 8.56. The Kier molecular flexibility index (Phi) is 3.63. The summed E-state index contributed by atoms with van der Waals surface area (Å²) in [7, 11) is 0. The van der Waals surface area contributed by atoms with Gasteiger partial charge in [0.2, 0.25) is 5.91 Å². The van der Waals surface area contributed by atoms with Crippen molar-refractivity contribution >= 4 is 11.9 Å². The number of hydrogen-bond acceptors (Lipinski definition) is 8. The van der Waals surface area contributed by atoms with Crippen LogP contribution in [0, 0.1) is 5.92 Å². The van der Waals surface area contributed by atoms with E-state index >= 15 is 0 Å². The van der Waals surface area contributed by atoms with Gasteiger partial charge in [-0.1, -0.05) is 0 Å². The summed E-state index contributed by atoms with van der Waals surface area (Å²) < 4.78 is 5.36. The van der Waals surface area contributed by atoms with E-state index in [0.717, 1.165) is 5.57 Å². The van der Waals surface area contributed by atoms with Crippen LogP contribution in [0.25, 0.3) is 0 Å². The smallest absolute Gasteiger partial charge is 0.238 e. The molecule has 138 valence electrons. The highest BCUT2D eigenvalue weighted by atomic mass is 16.6. The number of epoxide rings is 1. The first-order valence-electron chi connectivity index (χ1n) is 8.56. The molecule has 0 aromatic carbocycles. The molecule has 25 heavy (non-hydrogen) atoms. The zero-order valence-electron chi connectivity index (χ0n) is 14.5. The molecule has 6 N–H and O–H groups in total. The molecule has 9 nitrogen and oxygen atoms in total. The first kappa shape index (κ1) is 16.8. The number of nitrogens with one attached hydrogen (secondary N) is 2. The number of carbonyl (C=O) groups is 1. The Hall–Kier alpha value is -1.68. The van der Waals surface area contributed by atoms with E-state index in [1.54, 1.807) is 0 Å². The van der Waals surface area contributed by atoms with Gasteiger partial charge in [0.25, 0.3) is 0 Å². The summed E-state index contributed by atoms with van der Waals surface area (Å²) in [5, 5.41) is 25.8. The number of guanidine groups is 1. The summed E-state index contributed by atoms with van der Waals surface area (Å²) >= 11 is 0. The molecule has 1 amide bonds. The summed E-state index contributed by atoms with van der Waals surface area (Å²) in [6.45, 7) is 6.55. The number of rotatable bonds is 3. The van der Waals surface area contributed by atoms with E-state index < -0.39 is 18.1 Å². The highest BCUT2D eigenvalue weighted by molar-refractivity contribution is 6.01. The SMILES string of the molecule is CC(C)(C)N1C=C(CNC2C(O)C(O)C3OC23)C2C(=O)NC(N)=NC21. The number of aliphatic hydroxyl groups excluding tert-OH is 2. The van der Waals surface area contributed by atoms with Gasteiger partial charge in [-0.3, -0.25) is 10.1 Å². The molecule has 9 heteroatoms. The van der Waals surface area contributed by atoms with Crippen molar-refractivity contribution in [3.8, 4) is 0 Å². The van der Waals surface area contributed by atoms with Crippen LogP contribution in [0.1, 0.15) is 20.8 Å². The Morgan fingerprint density at radius 3 is 2.68 bits per heavy atom. The normalized spacial score (nSPS) is 42.5.